The van der Waals surface area contributed by atoms with Gasteiger partial charge in [0.15, 0.2) is 0 Å². The van der Waals surface area contributed by atoms with Crippen LogP contribution in [0, 0.1) is 0 Å². The highest BCUT2D eigenvalue weighted by molar-refractivity contribution is 7.10. The lowest BCUT2D eigenvalue weighted by Gasteiger charge is -2.16. The lowest BCUT2D eigenvalue weighted by molar-refractivity contribution is -0.142. The Hall–Kier alpha value is -1.40. The normalized spacial score (nSPS) is 13.9. The number of carboxylic acids is 1. The SMILES string of the molecule is CCCC[C@H](NC(=O)C(N)c1cccs1)C(=O)O. The molecule has 0 saturated heterocycles. The highest BCUT2D eigenvalue weighted by Crippen LogP contribution is 2.17. The summed E-state index contributed by atoms with van der Waals surface area (Å²) < 4.78 is 0. The van der Waals surface area contributed by atoms with Gasteiger partial charge < -0.3 is 16.2 Å². The number of aliphatic carboxylic acids is 1. The first-order valence-corrected chi connectivity index (χ1v) is 6.76. The highest BCUT2D eigenvalue weighted by Gasteiger charge is 2.23. The van der Waals surface area contributed by atoms with Gasteiger partial charge in [0.1, 0.15) is 12.1 Å². The number of thiophene rings is 1. The van der Waals surface area contributed by atoms with E-state index in [2.05, 4.69) is 5.32 Å². The maximum atomic E-state index is 11.8. The third kappa shape index (κ3) is 4.12. The molecule has 2 atom stereocenters. The summed E-state index contributed by atoms with van der Waals surface area (Å²) in [6, 6.07) is 1.91. The maximum Gasteiger partial charge on any atom is 0.326 e. The molecule has 1 aromatic heterocycles. The highest BCUT2D eigenvalue weighted by atomic mass is 32.1. The Balaban J connectivity index is 2.58. The molecule has 0 saturated carbocycles. The van der Waals surface area contributed by atoms with E-state index in [1.807, 2.05) is 12.3 Å². The van der Waals surface area contributed by atoms with Crippen molar-refractivity contribution in [3.63, 3.8) is 0 Å². The molecule has 1 amide bonds. The van der Waals surface area contributed by atoms with Crippen molar-refractivity contribution in [2.24, 2.45) is 5.73 Å². The van der Waals surface area contributed by atoms with Crippen LogP contribution in [0.2, 0.25) is 0 Å². The third-order valence-electron chi connectivity index (χ3n) is 2.59. The van der Waals surface area contributed by atoms with Crippen LogP contribution in [0.5, 0.6) is 0 Å². The second kappa shape index (κ2) is 7.13. The van der Waals surface area contributed by atoms with Crippen LogP contribution in [0.15, 0.2) is 17.5 Å². The molecular weight excluding hydrogens is 252 g/mol. The van der Waals surface area contributed by atoms with E-state index in [0.29, 0.717) is 6.42 Å². The molecule has 5 nitrogen and oxygen atoms in total. The molecule has 1 aromatic rings. The van der Waals surface area contributed by atoms with E-state index in [1.54, 1.807) is 12.1 Å². The van der Waals surface area contributed by atoms with Gasteiger partial charge in [-0.05, 0) is 17.9 Å². The van der Waals surface area contributed by atoms with Crippen molar-refractivity contribution in [2.75, 3.05) is 0 Å². The maximum absolute atomic E-state index is 11.8. The van der Waals surface area contributed by atoms with Crippen molar-refractivity contribution in [2.45, 2.75) is 38.3 Å². The average molecular weight is 270 g/mol. The second-order valence-corrected chi connectivity index (χ2v) is 5.01. The lowest BCUT2D eigenvalue weighted by atomic mass is 10.1. The quantitative estimate of drug-likeness (QED) is 0.700. The lowest BCUT2D eigenvalue weighted by Crippen LogP contribution is -2.44. The number of rotatable bonds is 7. The number of nitrogens with two attached hydrogens (primary N) is 1. The number of hydrogen-bond donors (Lipinski definition) is 3. The minimum atomic E-state index is -1.02. The molecule has 1 unspecified atom stereocenters. The first kappa shape index (κ1) is 14.7. The molecule has 0 radical (unpaired) electrons. The molecule has 0 spiro atoms. The topological polar surface area (TPSA) is 92.4 Å². The zero-order valence-corrected chi connectivity index (χ0v) is 11.1. The molecule has 6 heteroatoms. The first-order chi connectivity index (χ1) is 8.56. The van der Waals surface area contributed by atoms with Crippen molar-refractivity contribution in [1.82, 2.24) is 5.32 Å². The molecular formula is C12H18N2O3S. The number of nitrogens with one attached hydrogen (secondary N) is 1. The van der Waals surface area contributed by atoms with Crippen LogP contribution in [-0.2, 0) is 9.59 Å². The van der Waals surface area contributed by atoms with Gasteiger partial charge in [0, 0.05) is 4.88 Å². The Morgan fingerprint density at radius 3 is 2.78 bits per heavy atom. The summed E-state index contributed by atoms with van der Waals surface area (Å²) in [5.41, 5.74) is 5.77. The van der Waals surface area contributed by atoms with Crippen molar-refractivity contribution in [3.8, 4) is 0 Å². The van der Waals surface area contributed by atoms with Crippen LogP contribution in [0.1, 0.15) is 37.1 Å². The van der Waals surface area contributed by atoms with Gasteiger partial charge in [-0.15, -0.1) is 11.3 Å². The molecule has 0 aromatic carbocycles. The number of hydrogen-bond acceptors (Lipinski definition) is 4. The average Bonchev–Trinajstić information content (AvgIpc) is 2.86. The number of carbonyl (C=O) groups is 2. The van der Waals surface area contributed by atoms with E-state index in [4.69, 9.17) is 10.8 Å². The number of carbonyl (C=O) groups excluding carboxylic acids is 1. The van der Waals surface area contributed by atoms with Crippen LogP contribution in [-0.4, -0.2) is 23.0 Å². The zero-order valence-electron chi connectivity index (χ0n) is 10.3. The van der Waals surface area contributed by atoms with Crippen molar-refractivity contribution >= 4 is 23.2 Å². The summed E-state index contributed by atoms with van der Waals surface area (Å²) in [6.07, 6.45) is 2.07. The van der Waals surface area contributed by atoms with Crippen LogP contribution in [0.4, 0.5) is 0 Å². The fourth-order valence-corrected chi connectivity index (χ4v) is 2.25. The van der Waals surface area contributed by atoms with Gasteiger partial charge in [0.05, 0.1) is 0 Å². The molecule has 1 heterocycles. The molecule has 1 rings (SSSR count). The predicted molar refractivity (Wildman–Crippen MR) is 70.3 cm³/mol. The largest absolute Gasteiger partial charge is 0.480 e. The van der Waals surface area contributed by atoms with E-state index in [1.165, 1.54) is 11.3 Å². The fraction of sp³-hybridized carbons (Fsp3) is 0.500. The number of amides is 1. The Bertz CT molecular complexity index is 392. The van der Waals surface area contributed by atoms with E-state index >= 15 is 0 Å². The smallest absolute Gasteiger partial charge is 0.326 e. The molecule has 4 N–H and O–H groups in total. The monoisotopic (exact) mass is 270 g/mol. The van der Waals surface area contributed by atoms with E-state index < -0.39 is 24.0 Å². The first-order valence-electron chi connectivity index (χ1n) is 5.88. The molecule has 100 valence electrons. The van der Waals surface area contributed by atoms with Gasteiger partial charge in [-0.25, -0.2) is 4.79 Å². The summed E-state index contributed by atoms with van der Waals surface area (Å²) in [4.78, 5) is 23.6. The molecule has 18 heavy (non-hydrogen) atoms. The third-order valence-corrected chi connectivity index (χ3v) is 3.55. The van der Waals surface area contributed by atoms with Gasteiger partial charge in [-0.1, -0.05) is 25.8 Å². The Morgan fingerprint density at radius 2 is 2.28 bits per heavy atom. The van der Waals surface area contributed by atoms with Crippen molar-refractivity contribution < 1.29 is 14.7 Å². The van der Waals surface area contributed by atoms with Crippen molar-refractivity contribution in [3.05, 3.63) is 22.4 Å². The molecule has 0 aliphatic heterocycles. The van der Waals surface area contributed by atoms with Gasteiger partial charge in [0.25, 0.3) is 0 Å². The summed E-state index contributed by atoms with van der Waals surface area (Å²) in [5, 5.41) is 13.3. The zero-order chi connectivity index (χ0) is 13.5. The van der Waals surface area contributed by atoms with Crippen LogP contribution >= 0.6 is 11.3 Å². The fourth-order valence-electron chi connectivity index (χ4n) is 1.52. The summed E-state index contributed by atoms with van der Waals surface area (Å²) in [7, 11) is 0. The van der Waals surface area contributed by atoms with Gasteiger partial charge in [-0.3, -0.25) is 4.79 Å². The Kier molecular flexibility index (Phi) is 5.80. The van der Waals surface area contributed by atoms with Crippen LogP contribution < -0.4 is 11.1 Å². The Morgan fingerprint density at radius 1 is 1.56 bits per heavy atom. The Labute approximate surface area is 110 Å². The molecule has 0 fully saturated rings. The van der Waals surface area contributed by atoms with Crippen LogP contribution in [0.25, 0.3) is 0 Å². The van der Waals surface area contributed by atoms with Gasteiger partial charge in [0.2, 0.25) is 5.91 Å². The summed E-state index contributed by atoms with van der Waals surface area (Å²) >= 11 is 1.38. The van der Waals surface area contributed by atoms with Crippen LogP contribution in [0.3, 0.4) is 0 Å². The second-order valence-electron chi connectivity index (χ2n) is 4.03. The summed E-state index contributed by atoms with van der Waals surface area (Å²) in [5.74, 6) is -1.46. The molecule has 0 aliphatic carbocycles. The van der Waals surface area contributed by atoms with Gasteiger partial charge in [-0.2, -0.15) is 0 Å². The molecule has 0 aliphatic rings. The number of unbranched alkanes of at least 4 members (excludes halogenated alkanes) is 1. The molecule has 0 bridgehead atoms. The van der Waals surface area contributed by atoms with E-state index in [0.717, 1.165) is 17.7 Å². The van der Waals surface area contributed by atoms with E-state index in [-0.39, 0.29) is 0 Å². The van der Waals surface area contributed by atoms with Gasteiger partial charge >= 0.3 is 5.97 Å². The van der Waals surface area contributed by atoms with E-state index in [9.17, 15) is 9.59 Å². The minimum absolute atomic E-state index is 0.425. The standard InChI is InChI=1S/C12H18N2O3S/c1-2-3-5-8(12(16)17)14-11(15)10(13)9-6-4-7-18-9/h4,6-8,10H,2-3,5,13H2,1H3,(H,14,15)(H,16,17)/t8-,10?/m0/s1. The summed E-state index contributed by atoms with van der Waals surface area (Å²) in [6.45, 7) is 1.97. The minimum Gasteiger partial charge on any atom is -0.480 e. The van der Waals surface area contributed by atoms with Crippen molar-refractivity contribution in [1.29, 1.82) is 0 Å². The number of carboxylic acid groups (broad SMARTS) is 1. The predicted octanol–water partition coefficient (Wildman–Crippen LogP) is 1.51.